The van der Waals surface area contributed by atoms with Gasteiger partial charge in [0, 0.05) is 82.0 Å². The number of nitrogens with one attached hydrogen (secondary N) is 2. The second-order valence-corrected chi connectivity index (χ2v) is 14.5. The van der Waals surface area contributed by atoms with E-state index in [9.17, 15) is 9.59 Å². The third kappa shape index (κ3) is 6.43. The highest BCUT2D eigenvalue weighted by Gasteiger charge is 2.30. The third-order valence-electron chi connectivity index (χ3n) is 11.0. The molecule has 2 aliphatic rings. The van der Waals surface area contributed by atoms with E-state index < -0.39 is 0 Å². The Labute approximate surface area is 332 Å². The van der Waals surface area contributed by atoms with Gasteiger partial charge in [-0.05, 0) is 62.1 Å². The molecule has 0 saturated heterocycles. The van der Waals surface area contributed by atoms with Crippen molar-refractivity contribution in [3.63, 3.8) is 0 Å². The summed E-state index contributed by atoms with van der Waals surface area (Å²) < 4.78 is 4.30. The van der Waals surface area contributed by atoms with Gasteiger partial charge in [-0.2, -0.15) is 0 Å². The van der Waals surface area contributed by atoms with E-state index in [1.54, 1.807) is 0 Å². The number of nitrogen functional groups attached to an aromatic ring is 2. The van der Waals surface area contributed by atoms with Crippen molar-refractivity contribution in [3.8, 4) is 22.3 Å². The highest BCUT2D eigenvalue weighted by atomic mass is 16.2. The Kier molecular flexibility index (Phi) is 9.28. The van der Waals surface area contributed by atoms with Crippen LogP contribution in [0.1, 0.15) is 24.2 Å². The number of aromatic nitrogens is 8. The van der Waals surface area contributed by atoms with Crippen LogP contribution < -0.4 is 22.1 Å². The average Bonchev–Trinajstić information content (AvgIpc) is 3.77. The summed E-state index contributed by atoms with van der Waals surface area (Å²) in [7, 11) is 0. The Balaban J connectivity index is 0.000000150. The Hall–Kier alpha value is -7.48. The van der Waals surface area contributed by atoms with Crippen molar-refractivity contribution >= 4 is 67.3 Å². The first-order chi connectivity index (χ1) is 28.3. The van der Waals surface area contributed by atoms with E-state index in [1.165, 1.54) is 24.8 Å². The fourth-order valence-electron chi connectivity index (χ4n) is 8.43. The molecular formula is C44H40N12O2. The normalized spacial score (nSPS) is 15.9. The summed E-state index contributed by atoms with van der Waals surface area (Å²) in [5.74, 6) is 0.574. The SMILES string of the molecule is C=CC(=O)N[C@@H]1CCc2c(-c3cnc4ccccc4c3)c3c(N)ncnc3n2C1.C=CC(=O)N[C@H]1CCc2c(-c3cnc4ccccc4c3)c3c(N)ncnc3n2C1. The van der Waals surface area contributed by atoms with Gasteiger partial charge in [0.25, 0.3) is 0 Å². The molecule has 0 bridgehead atoms. The summed E-state index contributed by atoms with van der Waals surface area (Å²) >= 11 is 0. The van der Waals surface area contributed by atoms with E-state index in [1.807, 2.05) is 48.8 Å². The van der Waals surface area contributed by atoms with Crippen LogP contribution in [-0.2, 0) is 35.5 Å². The molecule has 0 fully saturated rings. The third-order valence-corrected chi connectivity index (χ3v) is 11.0. The van der Waals surface area contributed by atoms with Gasteiger partial charge in [0.1, 0.15) is 35.6 Å². The second kappa shape index (κ2) is 14.9. The number of pyridine rings is 2. The maximum atomic E-state index is 11.8. The van der Waals surface area contributed by atoms with Crippen LogP contribution in [0.3, 0.4) is 0 Å². The predicted octanol–water partition coefficient (Wildman–Crippen LogP) is 5.69. The number of amides is 2. The fourth-order valence-corrected chi connectivity index (χ4v) is 8.43. The first-order valence-electron chi connectivity index (χ1n) is 19.1. The first kappa shape index (κ1) is 36.2. The van der Waals surface area contributed by atoms with Crippen molar-refractivity contribution in [2.45, 2.75) is 50.9 Å². The van der Waals surface area contributed by atoms with Gasteiger partial charge >= 0.3 is 0 Å². The van der Waals surface area contributed by atoms with E-state index >= 15 is 0 Å². The van der Waals surface area contributed by atoms with Crippen molar-refractivity contribution < 1.29 is 9.59 Å². The van der Waals surface area contributed by atoms with Gasteiger partial charge in [-0.3, -0.25) is 19.6 Å². The van der Waals surface area contributed by atoms with E-state index in [-0.39, 0.29) is 23.9 Å². The highest BCUT2D eigenvalue weighted by Crippen LogP contribution is 2.41. The van der Waals surface area contributed by atoms with Gasteiger partial charge in [-0.25, -0.2) is 19.9 Å². The molecule has 6 N–H and O–H groups in total. The maximum Gasteiger partial charge on any atom is 0.243 e. The number of carbonyl (C=O) groups excluding carboxylic acids is 2. The van der Waals surface area contributed by atoms with Gasteiger partial charge in [0.15, 0.2) is 0 Å². The van der Waals surface area contributed by atoms with E-state index in [4.69, 9.17) is 11.5 Å². The molecular weight excluding hydrogens is 729 g/mol. The minimum Gasteiger partial charge on any atom is -0.383 e. The Morgan fingerprint density at radius 2 is 1.07 bits per heavy atom. The van der Waals surface area contributed by atoms with Crippen LogP contribution in [0.2, 0.25) is 0 Å². The summed E-state index contributed by atoms with van der Waals surface area (Å²) in [6, 6.07) is 20.4. The summed E-state index contributed by atoms with van der Waals surface area (Å²) in [5, 5.41) is 9.82. The van der Waals surface area contributed by atoms with Crippen LogP contribution in [0.15, 0.2) is 111 Å². The molecule has 6 aromatic heterocycles. The molecule has 0 spiro atoms. The number of hydrogen-bond acceptors (Lipinski definition) is 10. The topological polar surface area (TPSA) is 197 Å². The molecule has 10 rings (SSSR count). The molecule has 58 heavy (non-hydrogen) atoms. The second-order valence-electron chi connectivity index (χ2n) is 14.5. The molecule has 14 nitrogen and oxygen atoms in total. The molecule has 0 aliphatic carbocycles. The smallest absolute Gasteiger partial charge is 0.243 e. The van der Waals surface area contributed by atoms with Gasteiger partial charge in [-0.15, -0.1) is 0 Å². The number of nitrogens with zero attached hydrogens (tertiary/aromatic N) is 8. The lowest BCUT2D eigenvalue weighted by Gasteiger charge is -2.26. The number of fused-ring (bicyclic) bond motifs is 8. The Morgan fingerprint density at radius 1 is 0.638 bits per heavy atom. The van der Waals surface area contributed by atoms with Crippen LogP contribution in [0.4, 0.5) is 11.6 Å². The zero-order chi connectivity index (χ0) is 39.9. The standard InChI is InChI=1S/2C22H20N6O/c2*1-2-18(29)27-15-7-8-17-19(14-9-13-5-3-4-6-16(13)24-10-14)20-21(23)25-12-26-22(20)28(17)11-15/h2*2-6,9-10,12,15H,1,7-8,11H2,(H,27,29)(H2,23,25,26)/t2*15-/m10/s1. The van der Waals surface area contributed by atoms with E-state index in [0.29, 0.717) is 24.7 Å². The maximum absolute atomic E-state index is 11.8. The zero-order valence-electron chi connectivity index (χ0n) is 31.6. The molecule has 8 aromatic rings. The number of rotatable bonds is 6. The minimum atomic E-state index is -0.164. The first-order valence-corrected chi connectivity index (χ1v) is 19.1. The summed E-state index contributed by atoms with van der Waals surface area (Å²) in [6.07, 6.45) is 12.6. The number of carbonyl (C=O) groups is 2. The van der Waals surface area contributed by atoms with E-state index in [0.717, 1.165) is 103 Å². The van der Waals surface area contributed by atoms with Crippen LogP contribution in [0.5, 0.6) is 0 Å². The molecule has 2 aromatic carbocycles. The zero-order valence-corrected chi connectivity index (χ0v) is 31.6. The van der Waals surface area contributed by atoms with Crippen LogP contribution >= 0.6 is 0 Å². The van der Waals surface area contributed by atoms with Crippen LogP contribution in [0, 0.1) is 0 Å². The number of nitrogens with two attached hydrogens (primary N) is 2. The van der Waals surface area contributed by atoms with Crippen LogP contribution in [0.25, 0.3) is 66.1 Å². The molecule has 2 amide bonds. The largest absolute Gasteiger partial charge is 0.383 e. The molecule has 288 valence electrons. The summed E-state index contributed by atoms with van der Waals surface area (Å²) in [5.41, 5.74) is 22.4. The lowest BCUT2D eigenvalue weighted by Crippen LogP contribution is -2.40. The summed E-state index contributed by atoms with van der Waals surface area (Å²) in [4.78, 5) is 50.3. The Morgan fingerprint density at radius 3 is 1.50 bits per heavy atom. The van der Waals surface area contributed by atoms with Crippen molar-refractivity contribution in [1.29, 1.82) is 0 Å². The number of para-hydroxylation sites is 2. The lowest BCUT2D eigenvalue weighted by molar-refractivity contribution is -0.118. The van der Waals surface area contributed by atoms with E-state index in [2.05, 4.69) is 87.1 Å². The summed E-state index contributed by atoms with van der Waals surface area (Å²) in [6.45, 7) is 8.33. The molecule has 8 heterocycles. The molecule has 14 heteroatoms. The fraction of sp³-hybridized carbons (Fsp3) is 0.182. The van der Waals surface area contributed by atoms with Crippen molar-refractivity contribution in [1.82, 2.24) is 49.7 Å². The minimum absolute atomic E-state index is 0.0161. The molecule has 2 atom stereocenters. The lowest BCUT2D eigenvalue weighted by atomic mass is 9.97. The van der Waals surface area contributed by atoms with Crippen molar-refractivity contribution in [2.24, 2.45) is 0 Å². The molecule has 0 radical (unpaired) electrons. The van der Waals surface area contributed by atoms with Gasteiger partial charge in [0.2, 0.25) is 11.8 Å². The average molecular weight is 769 g/mol. The van der Waals surface area contributed by atoms with Gasteiger partial charge in [0.05, 0.1) is 21.8 Å². The quantitative estimate of drug-likeness (QED) is 0.153. The monoisotopic (exact) mass is 768 g/mol. The molecule has 2 aliphatic heterocycles. The number of hydrogen-bond donors (Lipinski definition) is 4. The Bertz CT molecular complexity index is 2750. The molecule has 0 unspecified atom stereocenters. The number of benzene rings is 2. The van der Waals surface area contributed by atoms with Gasteiger partial charge < -0.3 is 31.2 Å². The number of anilines is 2. The molecule has 0 saturated carbocycles. The highest BCUT2D eigenvalue weighted by molar-refractivity contribution is 6.05. The predicted molar refractivity (Wildman–Crippen MR) is 226 cm³/mol. The van der Waals surface area contributed by atoms with Crippen LogP contribution in [-0.4, -0.2) is 62.9 Å². The van der Waals surface area contributed by atoms with Gasteiger partial charge in [-0.1, -0.05) is 49.6 Å². The van der Waals surface area contributed by atoms with Crippen molar-refractivity contribution in [2.75, 3.05) is 11.5 Å². The van der Waals surface area contributed by atoms with Crippen molar-refractivity contribution in [3.05, 3.63) is 122 Å².